The van der Waals surface area contributed by atoms with E-state index in [1.165, 1.54) is 11.3 Å². The number of nitrogens with zero attached hydrogens (tertiary/aromatic N) is 1. The van der Waals surface area contributed by atoms with Crippen LogP contribution in [0.1, 0.15) is 33.7 Å². The summed E-state index contributed by atoms with van der Waals surface area (Å²) in [6.07, 6.45) is 1.96. The van der Waals surface area contributed by atoms with Crippen molar-refractivity contribution < 1.29 is 4.79 Å². The lowest BCUT2D eigenvalue weighted by atomic mass is 10.3. The van der Waals surface area contributed by atoms with Gasteiger partial charge < -0.3 is 0 Å². The number of hydrogen-bond acceptors (Lipinski definition) is 4. The van der Waals surface area contributed by atoms with Crippen LogP contribution in [0.25, 0.3) is 0 Å². The van der Waals surface area contributed by atoms with Crippen LogP contribution in [0.2, 0.25) is 0 Å². The number of aryl methyl sites for hydroxylation is 2. The van der Waals surface area contributed by atoms with Crippen LogP contribution in [0, 0.1) is 6.92 Å². The molecule has 4 nitrogen and oxygen atoms in total. The number of amides is 1. The quantitative estimate of drug-likeness (QED) is 0.433. The molecule has 1 aromatic heterocycles. The standard InChI is InChI=1S/C8H13N3OS/c1-3-4-6-10-5(2)7(13-6)8(12)11-9/h3-4,9H2,1-2H3,(H,11,12). The fourth-order valence-corrected chi connectivity index (χ4v) is 2.12. The fourth-order valence-electron chi connectivity index (χ4n) is 1.05. The number of hydrazine groups is 1. The molecule has 13 heavy (non-hydrogen) atoms. The lowest BCUT2D eigenvalue weighted by molar-refractivity contribution is 0.0957. The smallest absolute Gasteiger partial charge is 0.277 e. The Balaban J connectivity index is 2.89. The van der Waals surface area contributed by atoms with Gasteiger partial charge in [-0.1, -0.05) is 6.92 Å². The Labute approximate surface area is 81.1 Å². The summed E-state index contributed by atoms with van der Waals surface area (Å²) in [6.45, 7) is 3.90. The Morgan fingerprint density at radius 2 is 2.38 bits per heavy atom. The maximum absolute atomic E-state index is 11.2. The number of hydrogen-bond donors (Lipinski definition) is 2. The van der Waals surface area contributed by atoms with Gasteiger partial charge in [-0.3, -0.25) is 10.2 Å². The number of thiazole rings is 1. The van der Waals surface area contributed by atoms with Gasteiger partial charge in [-0.2, -0.15) is 0 Å². The van der Waals surface area contributed by atoms with E-state index < -0.39 is 0 Å². The highest BCUT2D eigenvalue weighted by atomic mass is 32.1. The second-order valence-corrected chi connectivity index (χ2v) is 3.83. The van der Waals surface area contributed by atoms with Gasteiger partial charge in [0.15, 0.2) is 0 Å². The van der Waals surface area contributed by atoms with Crippen molar-refractivity contribution in [3.8, 4) is 0 Å². The normalized spacial score (nSPS) is 10.1. The van der Waals surface area contributed by atoms with Crippen LogP contribution in [0.15, 0.2) is 0 Å². The number of nitrogen functional groups attached to an aromatic ring is 1. The molecule has 0 radical (unpaired) electrons. The molecule has 1 rings (SSSR count). The van der Waals surface area contributed by atoms with Crippen LogP contribution >= 0.6 is 11.3 Å². The van der Waals surface area contributed by atoms with Crippen molar-refractivity contribution in [3.05, 3.63) is 15.6 Å². The van der Waals surface area contributed by atoms with E-state index in [1.807, 2.05) is 6.92 Å². The second-order valence-electron chi connectivity index (χ2n) is 2.75. The van der Waals surface area contributed by atoms with Gasteiger partial charge in [0.25, 0.3) is 5.91 Å². The SMILES string of the molecule is CCCc1nc(C)c(C(=O)NN)s1. The molecular weight excluding hydrogens is 186 g/mol. The Morgan fingerprint density at radius 3 is 2.92 bits per heavy atom. The van der Waals surface area contributed by atoms with Crippen molar-refractivity contribution in [2.75, 3.05) is 0 Å². The number of nitrogens with one attached hydrogen (secondary N) is 1. The summed E-state index contributed by atoms with van der Waals surface area (Å²) in [4.78, 5) is 16.1. The molecule has 1 heterocycles. The minimum atomic E-state index is -0.252. The van der Waals surface area contributed by atoms with Gasteiger partial charge in [-0.05, 0) is 19.8 Å². The molecule has 0 unspecified atom stereocenters. The molecule has 0 fully saturated rings. The third kappa shape index (κ3) is 2.26. The Hall–Kier alpha value is -0.940. The van der Waals surface area contributed by atoms with Gasteiger partial charge in [0, 0.05) is 0 Å². The van der Waals surface area contributed by atoms with Crippen molar-refractivity contribution in [2.45, 2.75) is 26.7 Å². The molecular formula is C8H13N3OS. The van der Waals surface area contributed by atoms with Gasteiger partial charge in [-0.15, -0.1) is 11.3 Å². The summed E-state index contributed by atoms with van der Waals surface area (Å²) in [6, 6.07) is 0. The number of nitrogens with two attached hydrogens (primary N) is 1. The van der Waals surface area contributed by atoms with Crippen molar-refractivity contribution in [2.24, 2.45) is 5.84 Å². The molecule has 0 aliphatic rings. The van der Waals surface area contributed by atoms with E-state index in [-0.39, 0.29) is 5.91 Å². The van der Waals surface area contributed by atoms with E-state index >= 15 is 0 Å². The first-order chi connectivity index (χ1) is 6.19. The highest BCUT2D eigenvalue weighted by Gasteiger charge is 2.13. The van der Waals surface area contributed by atoms with Gasteiger partial charge in [0.05, 0.1) is 10.7 Å². The Morgan fingerprint density at radius 1 is 1.69 bits per heavy atom. The average Bonchev–Trinajstić information content (AvgIpc) is 2.46. The van der Waals surface area contributed by atoms with E-state index in [1.54, 1.807) is 0 Å². The zero-order valence-corrected chi connectivity index (χ0v) is 8.57. The summed E-state index contributed by atoms with van der Waals surface area (Å²) in [7, 11) is 0. The molecule has 0 aliphatic heterocycles. The number of aromatic nitrogens is 1. The van der Waals surface area contributed by atoms with Gasteiger partial charge in [-0.25, -0.2) is 10.8 Å². The largest absolute Gasteiger partial charge is 0.289 e. The van der Waals surface area contributed by atoms with Gasteiger partial charge in [0.2, 0.25) is 0 Å². The predicted octanol–water partition coefficient (Wildman–Crippen LogP) is 1.01. The molecule has 0 bridgehead atoms. The van der Waals surface area contributed by atoms with E-state index in [4.69, 9.17) is 5.84 Å². The highest BCUT2D eigenvalue weighted by molar-refractivity contribution is 7.13. The molecule has 3 N–H and O–H groups in total. The summed E-state index contributed by atoms with van der Waals surface area (Å²) in [5.74, 6) is 4.78. The molecule has 72 valence electrons. The van der Waals surface area contributed by atoms with Gasteiger partial charge in [0.1, 0.15) is 4.88 Å². The van der Waals surface area contributed by atoms with E-state index in [0.717, 1.165) is 23.5 Å². The zero-order chi connectivity index (χ0) is 9.84. The lowest BCUT2D eigenvalue weighted by Gasteiger charge is -1.93. The van der Waals surface area contributed by atoms with Crippen molar-refractivity contribution >= 4 is 17.2 Å². The van der Waals surface area contributed by atoms with Gasteiger partial charge >= 0.3 is 0 Å². The molecule has 0 spiro atoms. The molecule has 0 aliphatic carbocycles. The monoisotopic (exact) mass is 199 g/mol. The molecule has 0 aromatic carbocycles. The highest BCUT2D eigenvalue weighted by Crippen LogP contribution is 2.18. The third-order valence-electron chi connectivity index (χ3n) is 1.64. The number of carbonyl (C=O) groups excluding carboxylic acids is 1. The Kier molecular flexibility index (Phi) is 3.39. The van der Waals surface area contributed by atoms with E-state index in [2.05, 4.69) is 17.3 Å². The maximum atomic E-state index is 11.2. The number of rotatable bonds is 3. The fraction of sp³-hybridized carbons (Fsp3) is 0.500. The maximum Gasteiger partial charge on any atom is 0.277 e. The first-order valence-electron chi connectivity index (χ1n) is 4.16. The first-order valence-corrected chi connectivity index (χ1v) is 4.98. The lowest BCUT2D eigenvalue weighted by Crippen LogP contribution is -2.29. The summed E-state index contributed by atoms with van der Waals surface area (Å²) >= 11 is 1.41. The van der Waals surface area contributed by atoms with E-state index in [0.29, 0.717) is 4.88 Å². The predicted molar refractivity (Wildman–Crippen MR) is 52.5 cm³/mol. The van der Waals surface area contributed by atoms with Crippen LogP contribution in [-0.4, -0.2) is 10.9 Å². The average molecular weight is 199 g/mol. The second kappa shape index (κ2) is 4.34. The van der Waals surface area contributed by atoms with Crippen molar-refractivity contribution in [1.29, 1.82) is 0 Å². The molecule has 0 atom stereocenters. The summed E-state index contributed by atoms with van der Waals surface area (Å²) in [5, 5.41) is 0.999. The van der Waals surface area contributed by atoms with Crippen LogP contribution in [-0.2, 0) is 6.42 Å². The Bertz CT molecular complexity index is 308. The minimum absolute atomic E-state index is 0.252. The minimum Gasteiger partial charge on any atom is -0.289 e. The summed E-state index contributed by atoms with van der Waals surface area (Å²) in [5.41, 5.74) is 2.87. The van der Waals surface area contributed by atoms with Crippen molar-refractivity contribution in [1.82, 2.24) is 10.4 Å². The summed E-state index contributed by atoms with van der Waals surface area (Å²) < 4.78 is 0. The topological polar surface area (TPSA) is 68.0 Å². The van der Waals surface area contributed by atoms with Crippen LogP contribution in [0.4, 0.5) is 0 Å². The molecule has 0 saturated heterocycles. The molecule has 1 amide bonds. The molecule has 5 heteroatoms. The molecule has 0 saturated carbocycles. The van der Waals surface area contributed by atoms with Crippen molar-refractivity contribution in [3.63, 3.8) is 0 Å². The van der Waals surface area contributed by atoms with Crippen LogP contribution in [0.5, 0.6) is 0 Å². The van der Waals surface area contributed by atoms with Crippen LogP contribution < -0.4 is 11.3 Å². The zero-order valence-electron chi connectivity index (χ0n) is 7.76. The number of carbonyl (C=O) groups is 1. The van der Waals surface area contributed by atoms with Crippen LogP contribution in [0.3, 0.4) is 0 Å². The molecule has 1 aromatic rings. The first kappa shape index (κ1) is 10.1. The third-order valence-corrected chi connectivity index (χ3v) is 2.86. The van der Waals surface area contributed by atoms with E-state index in [9.17, 15) is 4.79 Å².